The molecule has 218 valence electrons. The van der Waals surface area contributed by atoms with E-state index in [1.807, 2.05) is 0 Å². The van der Waals surface area contributed by atoms with Crippen molar-refractivity contribution in [2.45, 2.75) is 182 Å². The molecule has 0 aliphatic rings. The first-order chi connectivity index (χ1) is 17.4. The summed E-state index contributed by atoms with van der Waals surface area (Å²) < 4.78 is 0. The Labute approximate surface area is 248 Å². The van der Waals surface area contributed by atoms with Crippen LogP contribution in [0.1, 0.15) is 182 Å². The van der Waals surface area contributed by atoms with Crippen LogP contribution >= 0.6 is 0 Å². The summed E-state index contributed by atoms with van der Waals surface area (Å²) in [5, 5.41) is 22.0. The van der Waals surface area contributed by atoms with Gasteiger partial charge in [0.05, 0.1) is 0 Å². The summed E-state index contributed by atoms with van der Waals surface area (Å²) in [4.78, 5) is 22.0. The van der Waals surface area contributed by atoms with Crippen molar-refractivity contribution in [2.24, 2.45) is 11.8 Å². The average molecular weight is 630 g/mol. The van der Waals surface area contributed by atoms with Gasteiger partial charge in [0, 0.05) is 11.9 Å². The van der Waals surface area contributed by atoms with E-state index >= 15 is 0 Å². The van der Waals surface area contributed by atoms with Gasteiger partial charge in [0.2, 0.25) is 0 Å². The number of rotatable bonds is 26. The van der Waals surface area contributed by atoms with E-state index in [2.05, 4.69) is 27.7 Å². The van der Waals surface area contributed by atoms with Crippen LogP contribution in [0.4, 0.5) is 0 Å². The van der Waals surface area contributed by atoms with Crippen LogP contribution in [0, 0.1) is 11.8 Å². The summed E-state index contributed by atoms with van der Waals surface area (Å²) in [6.07, 6.45) is 27.2. The van der Waals surface area contributed by atoms with E-state index in [4.69, 9.17) is 0 Å². The molecule has 2 unspecified atom stereocenters. The quantitative estimate of drug-likeness (QED) is 0.0724. The second-order valence-electron chi connectivity index (χ2n) is 10.8. The molecule has 2 atom stereocenters. The number of carbonyl (C=O) groups excluding carboxylic acids is 2. The molecule has 0 bridgehead atoms. The van der Waals surface area contributed by atoms with Crippen molar-refractivity contribution >= 4 is 35.8 Å². The second kappa shape index (κ2) is 33.8. The molecule has 0 spiro atoms. The molecular formula is C32H62O4Sn. The van der Waals surface area contributed by atoms with Crippen LogP contribution in [-0.2, 0) is 9.59 Å². The fraction of sp³-hybridized carbons (Fsp3) is 0.938. The standard InChI is InChI=1S/2C16H32O2.Sn/c2*1-3-5-7-9-10-12-14-15(16(17)18)13-11-8-6-4-2;/h2*15H,3-14H2,1-2H3,(H,17,18);/q;;+2/p-2. The molecule has 0 aromatic rings. The molecule has 4 nitrogen and oxygen atoms in total. The van der Waals surface area contributed by atoms with Gasteiger partial charge < -0.3 is 19.8 Å². The van der Waals surface area contributed by atoms with Gasteiger partial charge >= 0.3 is 23.9 Å². The van der Waals surface area contributed by atoms with Crippen LogP contribution in [0.5, 0.6) is 0 Å². The van der Waals surface area contributed by atoms with Gasteiger partial charge in [0.25, 0.3) is 0 Å². The number of unbranched alkanes of at least 4 members (excludes halogenated alkanes) is 16. The zero-order valence-electron chi connectivity index (χ0n) is 25.3. The third-order valence-electron chi connectivity index (χ3n) is 7.29. The minimum atomic E-state index is -0.833. The van der Waals surface area contributed by atoms with E-state index in [0.717, 1.165) is 64.2 Å². The van der Waals surface area contributed by atoms with Gasteiger partial charge in [0.1, 0.15) is 0 Å². The Hall–Kier alpha value is -0.261. The maximum absolute atomic E-state index is 11.0. The van der Waals surface area contributed by atoms with E-state index < -0.39 is 11.9 Å². The Morgan fingerprint density at radius 2 is 0.595 bits per heavy atom. The molecule has 0 saturated heterocycles. The second-order valence-corrected chi connectivity index (χ2v) is 10.8. The van der Waals surface area contributed by atoms with Gasteiger partial charge in [-0.25, -0.2) is 0 Å². The van der Waals surface area contributed by atoms with Crippen molar-refractivity contribution in [3.63, 3.8) is 0 Å². The molecule has 0 aliphatic carbocycles. The Morgan fingerprint density at radius 3 is 0.811 bits per heavy atom. The molecule has 0 aliphatic heterocycles. The molecular weight excluding hydrogens is 567 g/mol. The predicted molar refractivity (Wildman–Crippen MR) is 156 cm³/mol. The van der Waals surface area contributed by atoms with Crippen molar-refractivity contribution in [3.05, 3.63) is 0 Å². The van der Waals surface area contributed by atoms with Crippen molar-refractivity contribution in [1.29, 1.82) is 0 Å². The van der Waals surface area contributed by atoms with Gasteiger partial charge in [0.15, 0.2) is 0 Å². The van der Waals surface area contributed by atoms with Crippen molar-refractivity contribution < 1.29 is 19.8 Å². The topological polar surface area (TPSA) is 80.3 Å². The van der Waals surface area contributed by atoms with E-state index in [1.54, 1.807) is 0 Å². The molecule has 0 aromatic carbocycles. The third kappa shape index (κ3) is 31.9. The van der Waals surface area contributed by atoms with Crippen molar-refractivity contribution in [3.8, 4) is 0 Å². The van der Waals surface area contributed by atoms with Crippen molar-refractivity contribution in [1.82, 2.24) is 0 Å². The van der Waals surface area contributed by atoms with E-state index in [9.17, 15) is 19.8 Å². The minimum Gasteiger partial charge on any atom is -0.550 e. The molecule has 0 heterocycles. The van der Waals surface area contributed by atoms with Crippen LogP contribution in [0.2, 0.25) is 0 Å². The van der Waals surface area contributed by atoms with Crippen LogP contribution in [0.15, 0.2) is 0 Å². The Kier molecular flexibility index (Phi) is 37.6. The Bertz CT molecular complexity index is 428. The Morgan fingerprint density at radius 1 is 0.405 bits per heavy atom. The molecule has 0 amide bonds. The predicted octanol–water partition coefficient (Wildman–Crippen LogP) is 7.77. The summed E-state index contributed by atoms with van der Waals surface area (Å²) >= 11 is 0. The maximum atomic E-state index is 11.0. The molecule has 37 heavy (non-hydrogen) atoms. The number of hydrogen-bond donors (Lipinski definition) is 0. The minimum absolute atomic E-state index is 0. The van der Waals surface area contributed by atoms with Crippen LogP contribution in [0.25, 0.3) is 0 Å². The van der Waals surface area contributed by atoms with E-state index in [1.165, 1.54) is 89.9 Å². The smallest absolute Gasteiger partial charge is 0.550 e. The number of aliphatic carboxylic acids is 2. The van der Waals surface area contributed by atoms with Crippen molar-refractivity contribution in [2.75, 3.05) is 0 Å². The molecule has 2 radical (unpaired) electrons. The van der Waals surface area contributed by atoms with Crippen LogP contribution < -0.4 is 10.2 Å². The largest absolute Gasteiger partial charge is 2.00 e. The number of hydrogen-bond acceptors (Lipinski definition) is 4. The number of carboxylic acid groups (broad SMARTS) is 2. The number of carboxylic acids is 2. The summed E-state index contributed by atoms with van der Waals surface area (Å²) in [5.74, 6) is -2.07. The molecule has 0 aromatic heterocycles. The van der Waals surface area contributed by atoms with Gasteiger partial charge in [-0.3, -0.25) is 0 Å². The first-order valence-corrected chi connectivity index (χ1v) is 15.9. The summed E-state index contributed by atoms with van der Waals surface area (Å²) in [6, 6.07) is 0. The molecule has 0 saturated carbocycles. The van der Waals surface area contributed by atoms with Gasteiger partial charge in [-0.05, 0) is 37.5 Å². The van der Waals surface area contributed by atoms with Gasteiger partial charge in [-0.15, -0.1) is 0 Å². The molecule has 0 rings (SSSR count). The van der Waals surface area contributed by atoms with Gasteiger partial charge in [-0.2, -0.15) is 0 Å². The zero-order valence-corrected chi connectivity index (χ0v) is 28.1. The fourth-order valence-electron chi connectivity index (χ4n) is 4.74. The summed E-state index contributed by atoms with van der Waals surface area (Å²) in [6.45, 7) is 8.77. The van der Waals surface area contributed by atoms with Crippen LogP contribution in [-0.4, -0.2) is 35.8 Å². The molecule has 0 N–H and O–H groups in total. The third-order valence-corrected chi connectivity index (χ3v) is 7.29. The van der Waals surface area contributed by atoms with E-state index in [-0.39, 0.29) is 35.7 Å². The fourth-order valence-corrected chi connectivity index (χ4v) is 4.74. The molecule has 5 heteroatoms. The first-order valence-electron chi connectivity index (χ1n) is 15.9. The van der Waals surface area contributed by atoms with E-state index in [0.29, 0.717) is 0 Å². The number of carbonyl (C=O) groups is 2. The maximum Gasteiger partial charge on any atom is 2.00 e. The summed E-state index contributed by atoms with van der Waals surface area (Å²) in [5.41, 5.74) is 0. The SMILES string of the molecule is CCCCCCCCC(CCCCCC)C(=O)[O-].CCCCCCCCC(CCCCCC)C(=O)[O-].[Sn+2]. The van der Waals surface area contributed by atoms with Gasteiger partial charge in [-0.1, -0.05) is 156 Å². The normalized spacial score (nSPS) is 12.2. The monoisotopic (exact) mass is 630 g/mol. The first kappa shape index (κ1) is 41.2. The van der Waals surface area contributed by atoms with Crippen LogP contribution in [0.3, 0.4) is 0 Å². The molecule has 0 fully saturated rings. The summed E-state index contributed by atoms with van der Waals surface area (Å²) in [7, 11) is 0. The average Bonchev–Trinajstić information content (AvgIpc) is 2.86. The Balaban J connectivity index is -0.000000608. The zero-order chi connectivity index (χ0) is 27.3.